The molecule has 0 aliphatic carbocycles. The molecule has 0 atom stereocenters. The lowest BCUT2D eigenvalue weighted by Crippen LogP contribution is -2.07. The predicted octanol–water partition coefficient (Wildman–Crippen LogP) is 3.21. The van der Waals surface area contributed by atoms with E-state index in [2.05, 4.69) is 25.6 Å². The second-order valence-corrected chi connectivity index (χ2v) is 4.67. The Bertz CT molecular complexity index is 385. The third-order valence-electron chi connectivity index (χ3n) is 2.02. The van der Waals surface area contributed by atoms with Crippen molar-refractivity contribution in [2.75, 3.05) is 12.4 Å². The fourth-order valence-corrected chi connectivity index (χ4v) is 1.98. The molecule has 3 heteroatoms. The molecule has 0 N–H and O–H groups in total. The van der Waals surface area contributed by atoms with Crippen LogP contribution < -0.4 is 0 Å². The van der Waals surface area contributed by atoms with Gasteiger partial charge in [-0.3, -0.25) is 0 Å². The van der Waals surface area contributed by atoms with E-state index in [0.29, 0.717) is 12.2 Å². The van der Waals surface area contributed by atoms with Crippen molar-refractivity contribution in [2.24, 2.45) is 0 Å². The molecule has 2 nitrogen and oxygen atoms in total. The van der Waals surface area contributed by atoms with Crippen LogP contribution in [-0.2, 0) is 9.53 Å². The smallest absolute Gasteiger partial charge is 0.333 e. The van der Waals surface area contributed by atoms with E-state index in [9.17, 15) is 4.79 Å². The fraction of sp³-hybridized carbons (Fsp3) is 0.308. The van der Waals surface area contributed by atoms with Gasteiger partial charge in [-0.1, -0.05) is 24.8 Å². The van der Waals surface area contributed by atoms with Crippen LogP contribution in [0.3, 0.4) is 0 Å². The molecule has 0 saturated heterocycles. The maximum Gasteiger partial charge on any atom is 0.333 e. The summed E-state index contributed by atoms with van der Waals surface area (Å²) in [6.07, 6.45) is 0. The number of ether oxygens (including phenoxy) is 1. The van der Waals surface area contributed by atoms with Crippen molar-refractivity contribution in [3.05, 3.63) is 42.0 Å². The van der Waals surface area contributed by atoms with Gasteiger partial charge in [0.1, 0.15) is 6.61 Å². The summed E-state index contributed by atoms with van der Waals surface area (Å²) in [4.78, 5) is 12.3. The molecule has 86 valence electrons. The highest BCUT2D eigenvalue weighted by atomic mass is 32.2. The summed E-state index contributed by atoms with van der Waals surface area (Å²) >= 11 is 1.69. The van der Waals surface area contributed by atoms with Crippen LogP contribution >= 0.6 is 11.8 Å². The Morgan fingerprint density at radius 1 is 1.44 bits per heavy atom. The molecular weight excluding hydrogens is 220 g/mol. The van der Waals surface area contributed by atoms with Gasteiger partial charge < -0.3 is 4.74 Å². The molecule has 0 unspecified atom stereocenters. The minimum Gasteiger partial charge on any atom is -0.461 e. The Morgan fingerprint density at radius 3 is 2.75 bits per heavy atom. The molecular formula is C13H16O2S. The van der Waals surface area contributed by atoms with Crippen LogP contribution in [0.5, 0.6) is 0 Å². The first-order valence-electron chi connectivity index (χ1n) is 5.12. The number of esters is 1. The molecule has 0 aliphatic heterocycles. The molecule has 0 heterocycles. The summed E-state index contributed by atoms with van der Waals surface area (Å²) in [5.41, 5.74) is 1.69. The number of hydrogen-bond donors (Lipinski definition) is 0. The summed E-state index contributed by atoms with van der Waals surface area (Å²) in [7, 11) is 0. The van der Waals surface area contributed by atoms with E-state index in [0.717, 1.165) is 5.75 Å². The molecule has 0 radical (unpaired) electrons. The third-order valence-corrected chi connectivity index (χ3v) is 3.16. The lowest BCUT2D eigenvalue weighted by molar-refractivity contribution is -0.138. The van der Waals surface area contributed by atoms with Crippen molar-refractivity contribution in [2.45, 2.75) is 18.7 Å². The summed E-state index contributed by atoms with van der Waals surface area (Å²) in [5, 5.41) is 0. The van der Waals surface area contributed by atoms with Crippen LogP contribution in [0, 0.1) is 6.92 Å². The summed E-state index contributed by atoms with van der Waals surface area (Å²) in [5.74, 6) is 0.453. The molecule has 16 heavy (non-hydrogen) atoms. The van der Waals surface area contributed by atoms with Gasteiger partial charge in [0.15, 0.2) is 0 Å². The monoisotopic (exact) mass is 236 g/mol. The first-order valence-corrected chi connectivity index (χ1v) is 6.11. The first-order chi connectivity index (χ1) is 7.61. The van der Waals surface area contributed by atoms with Crippen LogP contribution in [0.1, 0.15) is 12.5 Å². The van der Waals surface area contributed by atoms with E-state index in [1.807, 2.05) is 12.1 Å². The molecule has 1 rings (SSSR count). The summed E-state index contributed by atoms with van der Waals surface area (Å²) < 4.78 is 5.01. The van der Waals surface area contributed by atoms with Crippen molar-refractivity contribution < 1.29 is 9.53 Å². The Hall–Kier alpha value is -1.22. The highest BCUT2D eigenvalue weighted by molar-refractivity contribution is 7.99. The van der Waals surface area contributed by atoms with Gasteiger partial charge in [-0.05, 0) is 25.5 Å². The van der Waals surface area contributed by atoms with Gasteiger partial charge in [-0.2, -0.15) is 0 Å². The average Bonchev–Trinajstić information content (AvgIpc) is 2.26. The Kier molecular flexibility index (Phi) is 5.12. The zero-order valence-electron chi connectivity index (χ0n) is 9.66. The maximum absolute atomic E-state index is 11.1. The SMILES string of the molecule is C=C(C)C(=O)OCCSc1ccccc1C. The Balaban J connectivity index is 2.29. The second-order valence-electron chi connectivity index (χ2n) is 3.53. The van der Waals surface area contributed by atoms with Gasteiger partial charge in [0.25, 0.3) is 0 Å². The molecule has 0 saturated carbocycles. The predicted molar refractivity (Wildman–Crippen MR) is 67.7 cm³/mol. The lowest BCUT2D eigenvalue weighted by Gasteiger charge is -2.06. The van der Waals surface area contributed by atoms with Gasteiger partial charge >= 0.3 is 5.97 Å². The molecule has 0 fully saturated rings. The van der Waals surface area contributed by atoms with Crippen LogP contribution in [-0.4, -0.2) is 18.3 Å². The largest absolute Gasteiger partial charge is 0.461 e. The lowest BCUT2D eigenvalue weighted by atomic mass is 10.2. The van der Waals surface area contributed by atoms with Gasteiger partial charge in [-0.25, -0.2) is 4.79 Å². The number of rotatable bonds is 5. The zero-order valence-corrected chi connectivity index (χ0v) is 10.5. The van der Waals surface area contributed by atoms with E-state index < -0.39 is 0 Å². The van der Waals surface area contributed by atoms with Crippen LogP contribution in [0.4, 0.5) is 0 Å². The maximum atomic E-state index is 11.1. The van der Waals surface area contributed by atoms with Crippen molar-refractivity contribution >= 4 is 17.7 Å². The minimum atomic E-state index is -0.314. The van der Waals surface area contributed by atoms with E-state index in [1.54, 1.807) is 18.7 Å². The molecule has 0 amide bonds. The molecule has 1 aromatic carbocycles. The highest BCUT2D eigenvalue weighted by Gasteiger charge is 2.03. The van der Waals surface area contributed by atoms with Gasteiger partial charge in [0.2, 0.25) is 0 Å². The first kappa shape index (κ1) is 12.8. The van der Waals surface area contributed by atoms with E-state index >= 15 is 0 Å². The summed E-state index contributed by atoms with van der Waals surface area (Å²) in [6.45, 7) is 7.67. The van der Waals surface area contributed by atoms with Gasteiger partial charge in [0.05, 0.1) is 0 Å². The van der Waals surface area contributed by atoms with Crippen molar-refractivity contribution in [3.63, 3.8) is 0 Å². The quantitative estimate of drug-likeness (QED) is 0.340. The van der Waals surface area contributed by atoms with E-state index in [1.165, 1.54) is 10.5 Å². The third kappa shape index (κ3) is 4.11. The number of benzene rings is 1. The Morgan fingerprint density at radius 2 is 2.12 bits per heavy atom. The molecule has 0 aromatic heterocycles. The van der Waals surface area contributed by atoms with Gasteiger partial charge in [0, 0.05) is 16.2 Å². The number of thioether (sulfide) groups is 1. The fourth-order valence-electron chi connectivity index (χ4n) is 1.13. The Labute approximate surface area is 101 Å². The standard InChI is InChI=1S/C13H16O2S/c1-10(2)13(14)15-8-9-16-12-7-5-4-6-11(12)3/h4-7H,1,8-9H2,2-3H3. The minimum absolute atomic E-state index is 0.314. The van der Waals surface area contributed by atoms with Gasteiger partial charge in [-0.15, -0.1) is 11.8 Å². The van der Waals surface area contributed by atoms with Crippen molar-refractivity contribution in [3.8, 4) is 0 Å². The van der Waals surface area contributed by atoms with Crippen LogP contribution in [0.15, 0.2) is 41.3 Å². The number of hydrogen-bond acceptors (Lipinski definition) is 3. The second kappa shape index (κ2) is 6.38. The van der Waals surface area contributed by atoms with Crippen LogP contribution in [0.2, 0.25) is 0 Å². The van der Waals surface area contributed by atoms with E-state index in [4.69, 9.17) is 4.74 Å². The molecule has 0 spiro atoms. The topological polar surface area (TPSA) is 26.3 Å². The highest BCUT2D eigenvalue weighted by Crippen LogP contribution is 2.21. The number of aryl methyl sites for hydroxylation is 1. The summed E-state index contributed by atoms with van der Waals surface area (Å²) in [6, 6.07) is 8.17. The molecule has 0 aliphatic rings. The van der Waals surface area contributed by atoms with Crippen LogP contribution in [0.25, 0.3) is 0 Å². The normalized spacial score (nSPS) is 9.88. The molecule has 0 bridgehead atoms. The number of carbonyl (C=O) groups excluding carboxylic acids is 1. The van der Waals surface area contributed by atoms with E-state index in [-0.39, 0.29) is 5.97 Å². The number of carbonyl (C=O) groups is 1. The molecule has 1 aromatic rings. The van der Waals surface area contributed by atoms with Crippen molar-refractivity contribution in [1.29, 1.82) is 0 Å². The average molecular weight is 236 g/mol. The zero-order chi connectivity index (χ0) is 12.0. The van der Waals surface area contributed by atoms with Crippen molar-refractivity contribution in [1.82, 2.24) is 0 Å².